The van der Waals surface area contributed by atoms with Gasteiger partial charge < -0.3 is 16.0 Å². The molecule has 0 radical (unpaired) electrons. The summed E-state index contributed by atoms with van der Waals surface area (Å²) in [6, 6.07) is 4.33. The van der Waals surface area contributed by atoms with Crippen molar-refractivity contribution in [2.24, 2.45) is 5.73 Å². The number of nitrogens with one attached hydrogen (secondary N) is 1. The smallest absolute Gasteiger partial charge is 0.286 e. The number of primary amides is 1. The Hall–Kier alpha value is -2.70. The molecule has 1 aliphatic rings. The van der Waals surface area contributed by atoms with Crippen molar-refractivity contribution in [1.82, 2.24) is 15.0 Å². The molecule has 3 N–H and O–H groups in total. The third-order valence-electron chi connectivity index (χ3n) is 4.34. The van der Waals surface area contributed by atoms with Gasteiger partial charge in [0.25, 0.3) is 5.91 Å². The van der Waals surface area contributed by atoms with E-state index < -0.39 is 5.91 Å². The summed E-state index contributed by atoms with van der Waals surface area (Å²) in [4.78, 5) is 26.4. The Bertz CT molecular complexity index is 776. The van der Waals surface area contributed by atoms with E-state index in [9.17, 15) is 4.79 Å². The van der Waals surface area contributed by atoms with E-state index >= 15 is 0 Å². The molecule has 0 aliphatic carbocycles. The van der Waals surface area contributed by atoms with Gasteiger partial charge in [-0.05, 0) is 39.3 Å². The molecule has 3 rings (SSSR count). The summed E-state index contributed by atoms with van der Waals surface area (Å²) < 4.78 is 0. The SMILES string of the molecule is Cc1cc(N[C@@H]2CCN(c3nc(C(N)=O)nc(C)c3C)C2)ccn1. The van der Waals surface area contributed by atoms with Crippen LogP contribution in [0, 0.1) is 20.8 Å². The molecule has 0 aromatic carbocycles. The lowest BCUT2D eigenvalue weighted by Gasteiger charge is -2.21. The molecular formula is C17H22N6O. The molecule has 24 heavy (non-hydrogen) atoms. The molecule has 3 heterocycles. The number of nitrogens with zero attached hydrogens (tertiary/aromatic N) is 4. The minimum atomic E-state index is -0.597. The Morgan fingerprint density at radius 1 is 1.33 bits per heavy atom. The van der Waals surface area contributed by atoms with Gasteiger partial charge in [0, 0.05) is 48.0 Å². The number of carbonyl (C=O) groups is 1. The van der Waals surface area contributed by atoms with Crippen molar-refractivity contribution in [1.29, 1.82) is 0 Å². The number of anilines is 2. The van der Waals surface area contributed by atoms with Gasteiger partial charge in [-0.15, -0.1) is 0 Å². The lowest BCUT2D eigenvalue weighted by molar-refractivity contribution is 0.0990. The Labute approximate surface area is 141 Å². The van der Waals surface area contributed by atoms with Gasteiger partial charge in [-0.3, -0.25) is 9.78 Å². The van der Waals surface area contributed by atoms with Crippen LogP contribution in [0.1, 0.15) is 34.0 Å². The molecule has 0 bridgehead atoms. The predicted octanol–water partition coefficient (Wildman–Crippen LogP) is 1.59. The fraction of sp³-hybridized carbons (Fsp3) is 0.412. The largest absolute Gasteiger partial charge is 0.380 e. The van der Waals surface area contributed by atoms with Gasteiger partial charge in [0.05, 0.1) is 0 Å². The highest BCUT2D eigenvalue weighted by Crippen LogP contribution is 2.25. The summed E-state index contributed by atoms with van der Waals surface area (Å²) in [5.74, 6) is 0.279. The minimum Gasteiger partial charge on any atom is -0.380 e. The third-order valence-corrected chi connectivity index (χ3v) is 4.34. The first-order valence-corrected chi connectivity index (χ1v) is 8.03. The maximum atomic E-state index is 11.4. The summed E-state index contributed by atoms with van der Waals surface area (Å²) in [6.07, 6.45) is 2.80. The number of pyridine rings is 1. The third kappa shape index (κ3) is 3.29. The summed E-state index contributed by atoms with van der Waals surface area (Å²) in [5, 5.41) is 3.54. The standard InChI is InChI=1S/C17H22N6O/c1-10-8-13(4-6-19-10)21-14-5-7-23(9-14)17-11(2)12(3)20-16(22-17)15(18)24/h4,6,8,14H,5,7,9H2,1-3H3,(H2,18,24)(H,19,21)/t14-/m1/s1. The van der Waals surface area contributed by atoms with Crippen molar-refractivity contribution in [2.75, 3.05) is 23.3 Å². The van der Waals surface area contributed by atoms with Gasteiger partial charge in [0.1, 0.15) is 5.82 Å². The van der Waals surface area contributed by atoms with Gasteiger partial charge in [-0.1, -0.05) is 0 Å². The van der Waals surface area contributed by atoms with Gasteiger partial charge in [-0.25, -0.2) is 9.97 Å². The second-order valence-corrected chi connectivity index (χ2v) is 6.21. The van der Waals surface area contributed by atoms with Crippen LogP contribution in [-0.4, -0.2) is 40.0 Å². The lowest BCUT2D eigenvalue weighted by atomic mass is 10.2. The Balaban J connectivity index is 1.77. The Morgan fingerprint density at radius 3 is 2.83 bits per heavy atom. The zero-order valence-electron chi connectivity index (χ0n) is 14.2. The zero-order valence-corrected chi connectivity index (χ0v) is 14.2. The van der Waals surface area contributed by atoms with Crippen molar-refractivity contribution in [2.45, 2.75) is 33.2 Å². The number of hydrogen-bond donors (Lipinski definition) is 2. The number of hydrogen-bond acceptors (Lipinski definition) is 6. The van der Waals surface area contributed by atoms with E-state index in [1.54, 1.807) is 6.20 Å². The molecule has 7 nitrogen and oxygen atoms in total. The summed E-state index contributed by atoms with van der Waals surface area (Å²) >= 11 is 0. The van der Waals surface area contributed by atoms with E-state index in [2.05, 4.69) is 25.2 Å². The molecule has 1 atom stereocenters. The van der Waals surface area contributed by atoms with E-state index in [0.29, 0.717) is 6.04 Å². The number of nitrogens with two attached hydrogens (primary N) is 1. The first-order chi connectivity index (χ1) is 11.4. The molecule has 0 spiro atoms. The van der Waals surface area contributed by atoms with Crippen LogP contribution >= 0.6 is 0 Å². The molecule has 0 unspecified atom stereocenters. The fourth-order valence-electron chi connectivity index (χ4n) is 2.97. The van der Waals surface area contributed by atoms with E-state index in [4.69, 9.17) is 5.73 Å². The molecule has 1 fully saturated rings. The number of rotatable bonds is 4. The van der Waals surface area contributed by atoms with Crippen LogP contribution in [0.3, 0.4) is 0 Å². The first kappa shape index (κ1) is 16.2. The number of aryl methyl sites for hydroxylation is 2. The number of carbonyl (C=O) groups excluding carboxylic acids is 1. The molecule has 126 valence electrons. The maximum absolute atomic E-state index is 11.4. The first-order valence-electron chi connectivity index (χ1n) is 8.03. The summed E-state index contributed by atoms with van der Waals surface area (Å²) in [7, 11) is 0. The molecule has 2 aromatic heterocycles. The van der Waals surface area contributed by atoms with Gasteiger partial charge in [0.15, 0.2) is 0 Å². The highest BCUT2D eigenvalue weighted by Gasteiger charge is 2.26. The van der Waals surface area contributed by atoms with Crippen LogP contribution in [0.15, 0.2) is 18.3 Å². The summed E-state index contributed by atoms with van der Waals surface area (Å²) in [6.45, 7) is 7.51. The van der Waals surface area contributed by atoms with E-state index in [0.717, 1.165) is 48.0 Å². The van der Waals surface area contributed by atoms with Crippen LogP contribution in [0.5, 0.6) is 0 Å². The average molecular weight is 326 g/mol. The second kappa shape index (κ2) is 6.43. The topological polar surface area (TPSA) is 97.0 Å². The normalized spacial score (nSPS) is 17.1. The molecule has 1 aliphatic heterocycles. The van der Waals surface area contributed by atoms with Crippen molar-refractivity contribution < 1.29 is 4.79 Å². The Morgan fingerprint density at radius 2 is 2.12 bits per heavy atom. The van der Waals surface area contributed by atoms with Gasteiger partial charge in [-0.2, -0.15) is 0 Å². The molecule has 2 aromatic rings. The van der Waals surface area contributed by atoms with Crippen LogP contribution in [-0.2, 0) is 0 Å². The van der Waals surface area contributed by atoms with Crippen LogP contribution in [0.25, 0.3) is 0 Å². The van der Waals surface area contributed by atoms with E-state index in [1.165, 1.54) is 0 Å². The molecule has 7 heteroatoms. The zero-order chi connectivity index (χ0) is 17.3. The number of amides is 1. The molecule has 0 saturated carbocycles. The second-order valence-electron chi connectivity index (χ2n) is 6.21. The van der Waals surface area contributed by atoms with Crippen molar-refractivity contribution in [3.05, 3.63) is 41.1 Å². The average Bonchev–Trinajstić information content (AvgIpc) is 2.98. The lowest BCUT2D eigenvalue weighted by Crippen LogP contribution is -2.28. The highest BCUT2D eigenvalue weighted by atomic mass is 16.1. The van der Waals surface area contributed by atoms with Crippen LogP contribution < -0.4 is 16.0 Å². The molecule has 1 amide bonds. The quantitative estimate of drug-likeness (QED) is 0.885. The monoisotopic (exact) mass is 326 g/mol. The molecule has 1 saturated heterocycles. The number of aromatic nitrogens is 3. The fourth-order valence-corrected chi connectivity index (χ4v) is 2.97. The van der Waals surface area contributed by atoms with Crippen LogP contribution in [0.2, 0.25) is 0 Å². The van der Waals surface area contributed by atoms with E-state index in [-0.39, 0.29) is 5.82 Å². The molecular weight excluding hydrogens is 304 g/mol. The predicted molar refractivity (Wildman–Crippen MR) is 93.2 cm³/mol. The minimum absolute atomic E-state index is 0.0780. The van der Waals surface area contributed by atoms with Crippen LogP contribution in [0.4, 0.5) is 11.5 Å². The highest BCUT2D eigenvalue weighted by molar-refractivity contribution is 5.89. The van der Waals surface area contributed by atoms with Crippen molar-refractivity contribution in [3.8, 4) is 0 Å². The van der Waals surface area contributed by atoms with E-state index in [1.807, 2.05) is 32.9 Å². The Kier molecular flexibility index (Phi) is 4.33. The van der Waals surface area contributed by atoms with Crippen molar-refractivity contribution >= 4 is 17.4 Å². The van der Waals surface area contributed by atoms with Crippen molar-refractivity contribution in [3.63, 3.8) is 0 Å². The summed E-state index contributed by atoms with van der Waals surface area (Å²) in [5.41, 5.74) is 9.18. The van der Waals surface area contributed by atoms with Gasteiger partial charge in [0.2, 0.25) is 5.82 Å². The van der Waals surface area contributed by atoms with Gasteiger partial charge >= 0.3 is 0 Å². The maximum Gasteiger partial charge on any atom is 0.286 e.